The fraction of sp³-hybridized carbons (Fsp3) is 0.429. The van der Waals surface area contributed by atoms with Gasteiger partial charge in [0.05, 0.1) is 37.0 Å². The van der Waals surface area contributed by atoms with Crippen molar-refractivity contribution in [3.8, 4) is 0 Å². The molecule has 6 heteroatoms. The lowest BCUT2D eigenvalue weighted by Crippen LogP contribution is -2.30. The van der Waals surface area contributed by atoms with Crippen LogP contribution < -0.4 is 0 Å². The fourth-order valence-electron chi connectivity index (χ4n) is 3.03. The minimum Gasteiger partial charge on any atom is -0.462 e. The van der Waals surface area contributed by atoms with Crippen molar-refractivity contribution >= 4 is 11.9 Å². The molecule has 146 valence electrons. The van der Waals surface area contributed by atoms with E-state index < -0.39 is 11.9 Å². The van der Waals surface area contributed by atoms with Crippen molar-refractivity contribution in [1.82, 2.24) is 4.90 Å². The maximum Gasteiger partial charge on any atom is 0.340 e. The Morgan fingerprint density at radius 3 is 2.30 bits per heavy atom. The molecule has 0 spiro atoms. The number of hydrogen-bond donors (Lipinski definition) is 1. The van der Waals surface area contributed by atoms with Crippen LogP contribution in [-0.4, -0.2) is 48.3 Å². The maximum atomic E-state index is 12.5. The van der Waals surface area contributed by atoms with E-state index in [0.717, 1.165) is 12.0 Å². The molecule has 2 rings (SSSR count). The highest BCUT2D eigenvalue weighted by atomic mass is 16.5. The lowest BCUT2D eigenvalue weighted by Gasteiger charge is -2.31. The van der Waals surface area contributed by atoms with Gasteiger partial charge in [0.25, 0.3) is 0 Å². The first-order valence-electron chi connectivity index (χ1n) is 9.30. The highest BCUT2D eigenvalue weighted by Crippen LogP contribution is 2.26. The highest BCUT2D eigenvalue weighted by molar-refractivity contribution is 6.06. The molecule has 1 aromatic carbocycles. The largest absolute Gasteiger partial charge is 0.462 e. The second-order valence-corrected chi connectivity index (χ2v) is 6.09. The molecule has 0 aliphatic carbocycles. The van der Waals surface area contributed by atoms with Gasteiger partial charge in [0.1, 0.15) is 0 Å². The minimum absolute atomic E-state index is 0.116. The van der Waals surface area contributed by atoms with Crippen LogP contribution in [0.5, 0.6) is 0 Å². The van der Waals surface area contributed by atoms with Crippen LogP contribution in [0.25, 0.3) is 0 Å². The van der Waals surface area contributed by atoms with Gasteiger partial charge in [-0.25, -0.2) is 9.59 Å². The third-order valence-corrected chi connectivity index (χ3v) is 4.30. The summed E-state index contributed by atoms with van der Waals surface area (Å²) in [5.74, 6) is -1.12. The first kappa shape index (κ1) is 20.7. The topological polar surface area (TPSA) is 76.1 Å². The summed E-state index contributed by atoms with van der Waals surface area (Å²) in [6.45, 7) is 4.38. The zero-order valence-corrected chi connectivity index (χ0v) is 15.9. The van der Waals surface area contributed by atoms with Crippen molar-refractivity contribution < 1.29 is 24.2 Å². The number of hydrogen-bond acceptors (Lipinski definition) is 6. The molecule has 0 amide bonds. The van der Waals surface area contributed by atoms with Crippen LogP contribution >= 0.6 is 0 Å². The molecule has 1 heterocycles. The van der Waals surface area contributed by atoms with Crippen molar-refractivity contribution in [2.75, 3.05) is 26.4 Å². The first-order valence-corrected chi connectivity index (χ1v) is 9.30. The van der Waals surface area contributed by atoms with Crippen molar-refractivity contribution in [2.24, 2.45) is 0 Å². The Balaban J connectivity index is 2.45. The van der Waals surface area contributed by atoms with Crippen molar-refractivity contribution in [1.29, 1.82) is 0 Å². The summed E-state index contributed by atoms with van der Waals surface area (Å²) in [4.78, 5) is 26.8. The van der Waals surface area contributed by atoms with Crippen molar-refractivity contribution in [3.05, 3.63) is 59.3 Å². The summed E-state index contributed by atoms with van der Waals surface area (Å²) in [6, 6.07) is 9.26. The second-order valence-electron chi connectivity index (χ2n) is 6.09. The number of carbonyl (C=O) groups is 2. The summed E-state index contributed by atoms with van der Waals surface area (Å²) in [5.41, 5.74) is 1.30. The Morgan fingerprint density at radius 1 is 1.07 bits per heavy atom. The van der Waals surface area contributed by atoms with Crippen LogP contribution in [-0.2, 0) is 19.1 Å². The Hall–Kier alpha value is -2.60. The first-order chi connectivity index (χ1) is 13.1. The summed E-state index contributed by atoms with van der Waals surface area (Å²) in [5, 5.41) is 9.99. The number of nitrogens with zero attached hydrogens (tertiary/aromatic N) is 1. The van der Waals surface area contributed by atoms with E-state index >= 15 is 0 Å². The Bertz CT molecular complexity index is 696. The predicted molar refractivity (Wildman–Crippen MR) is 102 cm³/mol. The smallest absolute Gasteiger partial charge is 0.340 e. The van der Waals surface area contributed by atoms with E-state index in [9.17, 15) is 14.7 Å². The van der Waals surface area contributed by atoms with Crippen LogP contribution in [0.2, 0.25) is 0 Å². The van der Waals surface area contributed by atoms with Gasteiger partial charge >= 0.3 is 11.9 Å². The number of allylic oxidation sites excluding steroid dienone is 1. The third-order valence-electron chi connectivity index (χ3n) is 4.30. The van der Waals surface area contributed by atoms with Gasteiger partial charge in [-0.3, -0.25) is 0 Å². The van der Waals surface area contributed by atoms with Gasteiger partial charge < -0.3 is 19.5 Å². The van der Waals surface area contributed by atoms with E-state index in [2.05, 4.69) is 0 Å². The Morgan fingerprint density at radius 2 is 1.70 bits per heavy atom. The molecule has 0 bridgehead atoms. The zero-order valence-electron chi connectivity index (χ0n) is 15.9. The van der Waals surface area contributed by atoms with Gasteiger partial charge in [0, 0.05) is 12.7 Å². The molecule has 27 heavy (non-hydrogen) atoms. The fourth-order valence-corrected chi connectivity index (χ4v) is 3.03. The lowest BCUT2D eigenvalue weighted by atomic mass is 10.0. The normalized spacial score (nSPS) is 19.6. The monoisotopic (exact) mass is 373 g/mol. The van der Waals surface area contributed by atoms with E-state index in [0.29, 0.717) is 13.0 Å². The quantitative estimate of drug-likeness (QED) is 0.741. The number of ether oxygens (including phenoxy) is 2. The van der Waals surface area contributed by atoms with E-state index in [1.54, 1.807) is 26.1 Å². The number of rotatable bonds is 7. The minimum atomic E-state index is -0.576. The molecule has 1 N–H and O–H groups in total. The molecule has 0 aromatic heterocycles. The van der Waals surface area contributed by atoms with Gasteiger partial charge in [-0.05, 0) is 32.3 Å². The second kappa shape index (κ2) is 10.5. The number of aliphatic hydroxyl groups is 1. The maximum absolute atomic E-state index is 12.5. The van der Waals surface area contributed by atoms with Crippen LogP contribution in [0, 0.1) is 0 Å². The Kier molecular flexibility index (Phi) is 8.07. The highest BCUT2D eigenvalue weighted by Gasteiger charge is 2.27. The summed E-state index contributed by atoms with van der Waals surface area (Å²) < 4.78 is 10.3. The number of benzene rings is 1. The summed E-state index contributed by atoms with van der Waals surface area (Å²) in [6.07, 6.45) is 4.75. The van der Waals surface area contributed by atoms with Crippen LogP contribution in [0.15, 0.2) is 53.8 Å². The molecule has 0 saturated heterocycles. The SMILES string of the molecule is CCOC(=O)C1=C/CCCN([C@@H](CO)c2ccccc2)/C=C\1C(=O)OCC. The molecule has 1 aliphatic rings. The molecule has 6 nitrogen and oxygen atoms in total. The number of esters is 2. The molecular weight excluding hydrogens is 346 g/mol. The van der Waals surface area contributed by atoms with E-state index in [-0.39, 0.29) is 37.0 Å². The molecule has 1 aliphatic heterocycles. The van der Waals surface area contributed by atoms with Crippen LogP contribution in [0.3, 0.4) is 0 Å². The van der Waals surface area contributed by atoms with Crippen molar-refractivity contribution in [3.63, 3.8) is 0 Å². The van der Waals surface area contributed by atoms with Gasteiger partial charge in [-0.15, -0.1) is 0 Å². The van der Waals surface area contributed by atoms with Gasteiger partial charge in [0.2, 0.25) is 0 Å². The average molecular weight is 373 g/mol. The standard InChI is InChI=1S/C21H27NO5/c1-3-26-20(24)17-12-8-9-13-22(14-18(17)21(25)27-4-2)19(15-23)16-10-6-5-7-11-16/h5-7,10-12,14,19,23H,3-4,8-9,13,15H2,1-2H3/b17-12+,18-14+/t19-/m0/s1. The predicted octanol–water partition coefficient (Wildman–Crippen LogP) is 2.75. The third kappa shape index (κ3) is 5.44. The molecule has 1 atom stereocenters. The number of carbonyl (C=O) groups excluding carboxylic acids is 2. The van der Waals surface area contributed by atoms with E-state index in [1.165, 1.54) is 0 Å². The Labute approximate surface area is 160 Å². The van der Waals surface area contributed by atoms with Crippen LogP contribution in [0.4, 0.5) is 0 Å². The van der Waals surface area contributed by atoms with E-state index in [1.807, 2.05) is 35.2 Å². The molecule has 0 saturated carbocycles. The van der Waals surface area contributed by atoms with Crippen LogP contribution in [0.1, 0.15) is 38.3 Å². The van der Waals surface area contributed by atoms with Gasteiger partial charge in [-0.1, -0.05) is 36.4 Å². The zero-order chi connectivity index (χ0) is 19.6. The molecule has 0 fully saturated rings. The molecule has 0 radical (unpaired) electrons. The van der Waals surface area contributed by atoms with E-state index in [4.69, 9.17) is 9.47 Å². The van der Waals surface area contributed by atoms with Gasteiger partial charge in [0.15, 0.2) is 0 Å². The number of aliphatic hydroxyl groups excluding tert-OH is 1. The summed E-state index contributed by atoms with van der Waals surface area (Å²) >= 11 is 0. The molecular formula is C21H27NO5. The lowest BCUT2D eigenvalue weighted by molar-refractivity contribution is -0.142. The molecule has 0 unspecified atom stereocenters. The average Bonchev–Trinajstić information content (AvgIpc) is 2.65. The molecule has 1 aromatic rings. The van der Waals surface area contributed by atoms with Gasteiger partial charge in [-0.2, -0.15) is 0 Å². The van der Waals surface area contributed by atoms with Crippen molar-refractivity contribution in [2.45, 2.75) is 32.7 Å². The summed E-state index contributed by atoms with van der Waals surface area (Å²) in [7, 11) is 0.